The van der Waals surface area contributed by atoms with Crippen LogP contribution in [0.15, 0.2) is 35.5 Å². The van der Waals surface area contributed by atoms with Crippen molar-refractivity contribution in [2.75, 3.05) is 13.2 Å². The molecule has 0 saturated carbocycles. The minimum Gasteiger partial charge on any atom is -0.462 e. The van der Waals surface area contributed by atoms with Crippen LogP contribution in [-0.4, -0.2) is 30.6 Å². The number of thiocarbonyl (C=S) groups is 1. The Morgan fingerprint density at radius 2 is 2.12 bits per heavy atom. The monoisotopic (exact) mass is 374 g/mol. The standard InChI is InChI=1S/C16H17F3N2O3S/c1-10-13(9-20-15(25)21-10)14(22)23-7-3-5-11-4-2-6-12(8-11)24-16(17,18)19/h2,4,6,8H,3,5,7,9H2,1H3,(H2,20,21,25). The normalized spacial score (nSPS) is 14.6. The number of hydrogen-bond acceptors (Lipinski definition) is 4. The van der Waals surface area contributed by atoms with Crippen LogP contribution in [0.2, 0.25) is 0 Å². The molecule has 0 aliphatic carbocycles. The molecule has 0 saturated heterocycles. The summed E-state index contributed by atoms with van der Waals surface area (Å²) >= 11 is 4.94. The molecule has 0 amide bonds. The molecule has 0 fully saturated rings. The maximum absolute atomic E-state index is 12.2. The number of aryl methyl sites for hydroxylation is 1. The van der Waals surface area contributed by atoms with Crippen LogP contribution in [0.3, 0.4) is 0 Å². The van der Waals surface area contributed by atoms with Crippen molar-refractivity contribution in [3.8, 4) is 5.75 Å². The van der Waals surface area contributed by atoms with E-state index < -0.39 is 12.3 Å². The maximum Gasteiger partial charge on any atom is 0.573 e. The maximum atomic E-state index is 12.2. The van der Waals surface area contributed by atoms with Gasteiger partial charge in [-0.1, -0.05) is 12.1 Å². The SMILES string of the molecule is CC1=C(C(=O)OCCCc2cccc(OC(F)(F)F)c2)CNC(=S)N1. The van der Waals surface area contributed by atoms with Crippen LogP contribution in [0, 0.1) is 0 Å². The van der Waals surface area contributed by atoms with Crippen molar-refractivity contribution in [1.29, 1.82) is 0 Å². The third-order valence-corrected chi connectivity index (χ3v) is 3.65. The molecule has 0 atom stereocenters. The zero-order chi connectivity index (χ0) is 18.4. The second-order valence-electron chi connectivity index (χ2n) is 5.35. The third kappa shape index (κ3) is 6.26. The highest BCUT2D eigenvalue weighted by Gasteiger charge is 2.31. The van der Waals surface area contributed by atoms with E-state index in [9.17, 15) is 18.0 Å². The zero-order valence-corrected chi connectivity index (χ0v) is 14.2. The zero-order valence-electron chi connectivity index (χ0n) is 13.4. The van der Waals surface area contributed by atoms with Gasteiger partial charge in [0.25, 0.3) is 0 Å². The minimum atomic E-state index is -4.72. The molecular weight excluding hydrogens is 357 g/mol. The van der Waals surface area contributed by atoms with Crippen LogP contribution in [0.4, 0.5) is 13.2 Å². The van der Waals surface area contributed by atoms with Gasteiger partial charge in [-0.15, -0.1) is 13.2 Å². The molecule has 0 bridgehead atoms. The fraction of sp³-hybridized carbons (Fsp3) is 0.375. The van der Waals surface area contributed by atoms with E-state index in [1.807, 2.05) is 0 Å². The Labute approximate surface area is 148 Å². The number of alkyl halides is 3. The summed E-state index contributed by atoms with van der Waals surface area (Å²) in [4.78, 5) is 12.0. The van der Waals surface area contributed by atoms with E-state index in [4.69, 9.17) is 17.0 Å². The second kappa shape index (κ2) is 8.19. The van der Waals surface area contributed by atoms with E-state index in [1.54, 1.807) is 13.0 Å². The molecule has 1 aliphatic heterocycles. The molecule has 5 nitrogen and oxygen atoms in total. The number of ether oxygens (including phenoxy) is 2. The Kier molecular flexibility index (Phi) is 6.24. The first kappa shape index (κ1) is 19.0. The van der Waals surface area contributed by atoms with Crippen LogP contribution in [0.5, 0.6) is 5.75 Å². The molecule has 0 radical (unpaired) electrons. The van der Waals surface area contributed by atoms with Crippen LogP contribution >= 0.6 is 12.2 Å². The number of esters is 1. The van der Waals surface area contributed by atoms with Crippen molar-refractivity contribution in [2.24, 2.45) is 0 Å². The molecule has 9 heteroatoms. The lowest BCUT2D eigenvalue weighted by Crippen LogP contribution is -2.42. The Balaban J connectivity index is 1.79. The van der Waals surface area contributed by atoms with E-state index in [-0.39, 0.29) is 12.4 Å². The largest absolute Gasteiger partial charge is 0.573 e. The molecule has 25 heavy (non-hydrogen) atoms. The molecule has 2 N–H and O–H groups in total. The van der Waals surface area contributed by atoms with Gasteiger partial charge in [0.15, 0.2) is 5.11 Å². The van der Waals surface area contributed by atoms with Crippen molar-refractivity contribution in [3.63, 3.8) is 0 Å². The summed E-state index contributed by atoms with van der Waals surface area (Å²) in [6.07, 6.45) is -3.78. The summed E-state index contributed by atoms with van der Waals surface area (Å²) in [6, 6.07) is 5.73. The second-order valence-corrected chi connectivity index (χ2v) is 5.75. The summed E-state index contributed by atoms with van der Waals surface area (Å²) in [7, 11) is 0. The summed E-state index contributed by atoms with van der Waals surface area (Å²) in [5, 5.41) is 6.14. The Morgan fingerprint density at radius 3 is 2.80 bits per heavy atom. The van der Waals surface area contributed by atoms with Crippen LogP contribution in [-0.2, 0) is 16.0 Å². The van der Waals surface area contributed by atoms with Gasteiger partial charge in [0.1, 0.15) is 5.75 Å². The van der Waals surface area contributed by atoms with Gasteiger partial charge in [0.2, 0.25) is 0 Å². The lowest BCUT2D eigenvalue weighted by Gasteiger charge is -2.20. The van der Waals surface area contributed by atoms with Crippen molar-refractivity contribution in [2.45, 2.75) is 26.1 Å². The van der Waals surface area contributed by atoms with E-state index >= 15 is 0 Å². The smallest absolute Gasteiger partial charge is 0.462 e. The minimum absolute atomic E-state index is 0.157. The molecule has 0 spiro atoms. The van der Waals surface area contributed by atoms with Gasteiger partial charge in [0.05, 0.1) is 18.7 Å². The van der Waals surface area contributed by atoms with E-state index in [0.717, 1.165) is 0 Å². The topological polar surface area (TPSA) is 59.6 Å². The number of hydrogen-bond donors (Lipinski definition) is 2. The first-order valence-electron chi connectivity index (χ1n) is 7.51. The average molecular weight is 374 g/mol. The van der Waals surface area contributed by atoms with Gasteiger partial charge >= 0.3 is 12.3 Å². The van der Waals surface area contributed by atoms with Crippen molar-refractivity contribution in [3.05, 3.63) is 41.1 Å². The van der Waals surface area contributed by atoms with Gasteiger partial charge < -0.3 is 20.1 Å². The van der Waals surface area contributed by atoms with Crippen LogP contribution < -0.4 is 15.4 Å². The van der Waals surface area contributed by atoms with Crippen molar-refractivity contribution in [1.82, 2.24) is 10.6 Å². The number of allylic oxidation sites excluding steroid dienone is 1. The summed E-state index contributed by atoms with van der Waals surface area (Å²) in [5.41, 5.74) is 1.78. The molecular formula is C16H17F3N2O3S. The Morgan fingerprint density at radius 1 is 1.36 bits per heavy atom. The summed E-state index contributed by atoms with van der Waals surface area (Å²) in [5.74, 6) is -0.716. The van der Waals surface area contributed by atoms with Gasteiger partial charge in [-0.05, 0) is 49.7 Å². The first-order chi connectivity index (χ1) is 11.7. The lowest BCUT2D eigenvalue weighted by molar-refractivity contribution is -0.274. The summed E-state index contributed by atoms with van der Waals surface area (Å²) in [6.45, 7) is 2.19. The molecule has 0 aromatic heterocycles. The van der Waals surface area contributed by atoms with Gasteiger partial charge in [-0.25, -0.2) is 4.79 Å². The quantitative estimate of drug-likeness (QED) is 0.454. The molecule has 2 rings (SSSR count). The number of carbonyl (C=O) groups is 1. The molecule has 136 valence electrons. The highest BCUT2D eigenvalue weighted by molar-refractivity contribution is 7.80. The number of halogens is 3. The molecule has 1 heterocycles. The average Bonchev–Trinajstić information content (AvgIpc) is 2.50. The Hall–Kier alpha value is -2.29. The van der Waals surface area contributed by atoms with Crippen LogP contribution in [0.1, 0.15) is 18.9 Å². The molecule has 1 aromatic carbocycles. The molecule has 1 aliphatic rings. The fourth-order valence-electron chi connectivity index (χ4n) is 2.24. The van der Waals surface area contributed by atoms with E-state index in [0.29, 0.717) is 41.3 Å². The van der Waals surface area contributed by atoms with Crippen LogP contribution in [0.25, 0.3) is 0 Å². The number of rotatable bonds is 6. The number of carbonyl (C=O) groups excluding carboxylic acids is 1. The predicted molar refractivity (Wildman–Crippen MR) is 88.8 cm³/mol. The van der Waals surface area contributed by atoms with E-state index in [2.05, 4.69) is 15.4 Å². The van der Waals surface area contributed by atoms with E-state index in [1.165, 1.54) is 18.2 Å². The third-order valence-electron chi connectivity index (χ3n) is 3.40. The van der Waals surface area contributed by atoms with Crippen molar-refractivity contribution < 1.29 is 27.4 Å². The highest BCUT2D eigenvalue weighted by Crippen LogP contribution is 2.23. The highest BCUT2D eigenvalue weighted by atomic mass is 32.1. The van der Waals surface area contributed by atoms with Gasteiger partial charge in [-0.2, -0.15) is 0 Å². The number of benzene rings is 1. The van der Waals surface area contributed by atoms with Crippen molar-refractivity contribution >= 4 is 23.3 Å². The van der Waals surface area contributed by atoms with Gasteiger partial charge in [-0.3, -0.25) is 0 Å². The summed E-state index contributed by atoms with van der Waals surface area (Å²) < 4.78 is 45.7. The lowest BCUT2D eigenvalue weighted by atomic mass is 10.1. The molecule has 1 aromatic rings. The number of nitrogens with one attached hydrogen (secondary N) is 2. The first-order valence-corrected chi connectivity index (χ1v) is 7.92. The van der Waals surface area contributed by atoms with Gasteiger partial charge in [0, 0.05) is 5.70 Å². The fourth-order valence-corrected chi connectivity index (χ4v) is 2.47. The molecule has 0 unspecified atom stereocenters. The Bertz CT molecular complexity index is 689. The predicted octanol–water partition coefficient (Wildman–Crippen LogP) is 2.81.